The fourth-order valence-electron chi connectivity index (χ4n) is 4.27. The van der Waals surface area contributed by atoms with Crippen molar-refractivity contribution >= 4 is 11.0 Å². The Bertz CT molecular complexity index is 949. The first-order chi connectivity index (χ1) is 13.8. The maximum Gasteiger partial charge on any atom is 0.233 e. The van der Waals surface area contributed by atoms with Gasteiger partial charge in [-0.25, -0.2) is 9.37 Å². The lowest BCUT2D eigenvalue weighted by atomic mass is 10.0. The van der Waals surface area contributed by atoms with Crippen LogP contribution >= 0.6 is 0 Å². The highest BCUT2D eigenvalue weighted by atomic mass is 19.1. The number of nitrogens with one attached hydrogen (secondary N) is 1. The number of piperidine rings is 1. The molecule has 2 aliphatic heterocycles. The lowest BCUT2D eigenvalue weighted by Crippen LogP contribution is -2.33. The van der Waals surface area contributed by atoms with Gasteiger partial charge in [-0.15, -0.1) is 10.2 Å². The third-order valence-electron chi connectivity index (χ3n) is 5.79. The zero-order valence-electron chi connectivity index (χ0n) is 15.7. The molecule has 2 aliphatic rings. The SMILES string of the molecule is Fc1cccc2[nH]c(CN3CCCCC3c3nnc(C4CCOCC4)o3)nc12. The minimum Gasteiger partial charge on any atom is -0.423 e. The van der Waals surface area contributed by atoms with Gasteiger partial charge in [0, 0.05) is 19.1 Å². The standard InChI is InChI=1S/C20H24FN5O2/c21-14-4-3-5-15-18(14)23-17(22-15)12-26-9-2-1-6-16(26)20-25-24-19(28-20)13-7-10-27-11-8-13/h3-5,13,16H,1-2,6-12H2,(H,22,23). The molecule has 3 aromatic rings. The Hall–Kier alpha value is -2.32. The molecule has 2 aromatic heterocycles. The van der Waals surface area contributed by atoms with Gasteiger partial charge < -0.3 is 14.1 Å². The number of H-pyrrole nitrogens is 1. The van der Waals surface area contributed by atoms with Crippen molar-refractivity contribution in [2.75, 3.05) is 19.8 Å². The second kappa shape index (κ2) is 7.60. The van der Waals surface area contributed by atoms with Gasteiger partial charge in [0.2, 0.25) is 11.8 Å². The summed E-state index contributed by atoms with van der Waals surface area (Å²) in [6.07, 6.45) is 5.09. The molecule has 2 saturated heterocycles. The summed E-state index contributed by atoms with van der Waals surface area (Å²) in [7, 11) is 0. The maximum atomic E-state index is 14.0. The van der Waals surface area contributed by atoms with Crippen LogP contribution in [0.4, 0.5) is 4.39 Å². The zero-order valence-corrected chi connectivity index (χ0v) is 15.7. The van der Waals surface area contributed by atoms with E-state index < -0.39 is 0 Å². The molecule has 1 atom stereocenters. The summed E-state index contributed by atoms with van der Waals surface area (Å²) >= 11 is 0. The van der Waals surface area contributed by atoms with Crippen molar-refractivity contribution < 1.29 is 13.5 Å². The highest BCUT2D eigenvalue weighted by molar-refractivity contribution is 5.75. The number of imidazole rings is 1. The Balaban J connectivity index is 1.36. The number of hydrogen-bond donors (Lipinski definition) is 1. The monoisotopic (exact) mass is 385 g/mol. The predicted octanol–water partition coefficient (Wildman–Crippen LogP) is 3.71. The van der Waals surface area contributed by atoms with Crippen molar-refractivity contribution in [3.8, 4) is 0 Å². The number of rotatable bonds is 4. The Kier molecular flexibility index (Phi) is 4.82. The number of benzene rings is 1. The molecule has 8 heteroatoms. The van der Waals surface area contributed by atoms with Gasteiger partial charge in [0.1, 0.15) is 11.3 Å². The van der Waals surface area contributed by atoms with Gasteiger partial charge >= 0.3 is 0 Å². The first-order valence-electron chi connectivity index (χ1n) is 10.1. The van der Waals surface area contributed by atoms with Crippen LogP contribution in [0.3, 0.4) is 0 Å². The second-order valence-corrected chi connectivity index (χ2v) is 7.67. The molecular formula is C20H24FN5O2. The fourth-order valence-corrected chi connectivity index (χ4v) is 4.27. The van der Waals surface area contributed by atoms with Crippen LogP contribution in [0.5, 0.6) is 0 Å². The summed E-state index contributed by atoms with van der Waals surface area (Å²) in [5.41, 5.74) is 1.12. The van der Waals surface area contributed by atoms with Crippen LogP contribution in [0.25, 0.3) is 11.0 Å². The number of aromatic nitrogens is 4. The molecule has 1 unspecified atom stereocenters. The highest BCUT2D eigenvalue weighted by Gasteiger charge is 2.31. The number of aromatic amines is 1. The number of hydrogen-bond acceptors (Lipinski definition) is 6. The van der Waals surface area contributed by atoms with Gasteiger partial charge in [-0.3, -0.25) is 4.90 Å². The van der Waals surface area contributed by atoms with E-state index in [1.807, 2.05) is 6.07 Å². The van der Waals surface area contributed by atoms with E-state index in [9.17, 15) is 4.39 Å². The zero-order chi connectivity index (χ0) is 18.9. The molecule has 2 fully saturated rings. The number of ether oxygens (including phenoxy) is 1. The number of fused-ring (bicyclic) bond motifs is 1. The van der Waals surface area contributed by atoms with Gasteiger partial charge in [0.05, 0.1) is 18.1 Å². The summed E-state index contributed by atoms with van der Waals surface area (Å²) in [6.45, 7) is 3.04. The van der Waals surface area contributed by atoms with Crippen LogP contribution in [0.1, 0.15) is 61.7 Å². The summed E-state index contributed by atoms with van der Waals surface area (Å²) in [5, 5.41) is 8.71. The Labute approximate surface area is 162 Å². The molecule has 0 spiro atoms. The van der Waals surface area contributed by atoms with E-state index in [2.05, 4.69) is 25.1 Å². The highest BCUT2D eigenvalue weighted by Crippen LogP contribution is 2.33. The molecule has 0 amide bonds. The smallest absolute Gasteiger partial charge is 0.233 e. The van der Waals surface area contributed by atoms with Gasteiger partial charge in [0.15, 0.2) is 5.82 Å². The van der Waals surface area contributed by atoms with E-state index in [4.69, 9.17) is 9.15 Å². The maximum absolute atomic E-state index is 14.0. The molecule has 28 heavy (non-hydrogen) atoms. The van der Waals surface area contributed by atoms with Crippen LogP contribution in [0, 0.1) is 5.82 Å². The van der Waals surface area contributed by atoms with Gasteiger partial charge in [-0.2, -0.15) is 0 Å². The largest absolute Gasteiger partial charge is 0.423 e. The van der Waals surface area contributed by atoms with Crippen molar-refractivity contribution in [3.05, 3.63) is 41.6 Å². The van der Waals surface area contributed by atoms with Gasteiger partial charge in [-0.05, 0) is 44.4 Å². The van der Waals surface area contributed by atoms with Crippen molar-refractivity contribution in [2.45, 2.75) is 50.6 Å². The van der Waals surface area contributed by atoms with E-state index in [1.165, 1.54) is 6.07 Å². The Morgan fingerprint density at radius 2 is 1.96 bits per heavy atom. The molecular weight excluding hydrogens is 361 g/mol. The van der Waals surface area contributed by atoms with Crippen LogP contribution in [0.15, 0.2) is 22.6 Å². The molecule has 0 bridgehead atoms. The summed E-state index contributed by atoms with van der Waals surface area (Å²) in [6, 6.07) is 5.06. The first kappa shape index (κ1) is 17.8. The molecule has 5 rings (SSSR count). The first-order valence-corrected chi connectivity index (χ1v) is 10.1. The van der Waals surface area contributed by atoms with Crippen molar-refractivity contribution in [1.29, 1.82) is 0 Å². The summed E-state index contributed by atoms with van der Waals surface area (Å²) in [5.74, 6) is 2.17. The number of nitrogens with zero attached hydrogens (tertiary/aromatic N) is 4. The van der Waals surface area contributed by atoms with E-state index in [0.717, 1.165) is 69.1 Å². The minimum atomic E-state index is -0.298. The van der Waals surface area contributed by atoms with Crippen molar-refractivity contribution in [1.82, 2.24) is 25.1 Å². The lowest BCUT2D eigenvalue weighted by molar-refractivity contribution is 0.0766. The van der Waals surface area contributed by atoms with Crippen molar-refractivity contribution in [2.24, 2.45) is 0 Å². The van der Waals surface area contributed by atoms with Crippen LogP contribution < -0.4 is 0 Å². The Morgan fingerprint density at radius 1 is 1.11 bits per heavy atom. The molecule has 0 saturated carbocycles. The van der Waals surface area contributed by atoms with Crippen molar-refractivity contribution in [3.63, 3.8) is 0 Å². The quantitative estimate of drug-likeness (QED) is 0.738. The van der Waals surface area contributed by atoms with Gasteiger partial charge in [-0.1, -0.05) is 12.5 Å². The average molecular weight is 385 g/mol. The van der Waals surface area contributed by atoms with E-state index in [1.54, 1.807) is 6.07 Å². The molecule has 4 heterocycles. The lowest BCUT2D eigenvalue weighted by Gasteiger charge is -2.32. The molecule has 1 N–H and O–H groups in total. The van der Waals surface area contributed by atoms with E-state index in [-0.39, 0.29) is 11.9 Å². The summed E-state index contributed by atoms with van der Waals surface area (Å²) in [4.78, 5) is 10.0. The third kappa shape index (κ3) is 3.42. The normalized spacial score (nSPS) is 22.1. The average Bonchev–Trinajstić information content (AvgIpc) is 3.37. The van der Waals surface area contributed by atoms with Crippen LogP contribution in [-0.4, -0.2) is 44.8 Å². The van der Waals surface area contributed by atoms with Crippen LogP contribution in [-0.2, 0) is 11.3 Å². The predicted molar refractivity (Wildman–Crippen MR) is 100 cm³/mol. The van der Waals surface area contributed by atoms with Crippen LogP contribution in [0.2, 0.25) is 0 Å². The third-order valence-corrected chi connectivity index (χ3v) is 5.79. The van der Waals surface area contributed by atoms with E-state index >= 15 is 0 Å². The molecule has 0 radical (unpaired) electrons. The molecule has 1 aromatic carbocycles. The summed E-state index contributed by atoms with van der Waals surface area (Å²) < 4.78 is 25.5. The topological polar surface area (TPSA) is 80.1 Å². The number of para-hydroxylation sites is 1. The van der Waals surface area contributed by atoms with Gasteiger partial charge in [0.25, 0.3) is 0 Å². The molecule has 7 nitrogen and oxygen atoms in total. The second-order valence-electron chi connectivity index (χ2n) is 7.67. The number of likely N-dealkylation sites (tertiary alicyclic amines) is 1. The fraction of sp³-hybridized carbons (Fsp3) is 0.550. The molecule has 148 valence electrons. The minimum absolute atomic E-state index is 0.0768. The van der Waals surface area contributed by atoms with E-state index in [0.29, 0.717) is 23.9 Å². The molecule has 0 aliphatic carbocycles. The Morgan fingerprint density at radius 3 is 2.82 bits per heavy atom. The number of halogens is 1.